The van der Waals surface area contributed by atoms with E-state index in [2.05, 4.69) is 22.9 Å². The third kappa shape index (κ3) is 4.62. The van der Waals surface area contributed by atoms with E-state index in [4.69, 9.17) is 4.74 Å². The monoisotopic (exact) mass is 288 g/mol. The van der Waals surface area contributed by atoms with Crippen LogP contribution in [0.3, 0.4) is 0 Å². The summed E-state index contributed by atoms with van der Waals surface area (Å²) in [4.78, 5) is 0. The first-order valence-corrected chi connectivity index (χ1v) is 6.79. The van der Waals surface area contributed by atoms with Crippen LogP contribution in [0.25, 0.3) is 0 Å². The minimum absolute atomic E-state index is 0.181. The summed E-state index contributed by atoms with van der Waals surface area (Å²) in [5.74, 6) is 0.219. The van der Waals surface area contributed by atoms with Crippen LogP contribution in [-0.4, -0.2) is 18.5 Å². The summed E-state index contributed by atoms with van der Waals surface area (Å²) >= 11 is 3.49. The van der Waals surface area contributed by atoms with Crippen LogP contribution in [-0.2, 0) is 4.74 Å². The first-order valence-electron chi connectivity index (χ1n) is 5.67. The zero-order chi connectivity index (χ0) is 11.8. The zero-order valence-corrected chi connectivity index (χ0v) is 11.2. The average molecular weight is 289 g/mol. The molecule has 0 aliphatic carbocycles. The van der Waals surface area contributed by atoms with Gasteiger partial charge in [-0.3, -0.25) is 0 Å². The molecule has 3 heteroatoms. The van der Waals surface area contributed by atoms with E-state index in [0.29, 0.717) is 5.92 Å². The maximum Gasteiger partial charge on any atom is 0.123 e. The highest BCUT2D eigenvalue weighted by Crippen LogP contribution is 2.22. The van der Waals surface area contributed by atoms with E-state index in [1.807, 2.05) is 12.1 Å². The topological polar surface area (TPSA) is 9.23 Å². The second-order valence-electron chi connectivity index (χ2n) is 3.80. The lowest BCUT2D eigenvalue weighted by atomic mass is 9.98. The largest absolute Gasteiger partial charge is 0.381 e. The summed E-state index contributed by atoms with van der Waals surface area (Å²) in [6.45, 7) is 3.68. The molecule has 0 fully saturated rings. The number of halogens is 2. The Bertz CT molecular complexity index is 286. The third-order valence-corrected chi connectivity index (χ3v) is 3.27. The van der Waals surface area contributed by atoms with Crippen molar-refractivity contribution in [1.29, 1.82) is 0 Å². The number of rotatable bonds is 7. The van der Waals surface area contributed by atoms with Crippen LogP contribution in [0.15, 0.2) is 24.3 Å². The number of alkyl halides is 1. The molecule has 0 heterocycles. The maximum absolute atomic E-state index is 12.8. The van der Waals surface area contributed by atoms with E-state index in [9.17, 15) is 4.39 Å². The summed E-state index contributed by atoms with van der Waals surface area (Å²) < 4.78 is 18.2. The third-order valence-electron chi connectivity index (χ3n) is 2.49. The van der Waals surface area contributed by atoms with E-state index in [1.54, 1.807) is 0 Å². The molecule has 16 heavy (non-hydrogen) atoms. The van der Waals surface area contributed by atoms with Crippen LogP contribution < -0.4 is 0 Å². The molecule has 1 unspecified atom stereocenters. The van der Waals surface area contributed by atoms with Gasteiger partial charge >= 0.3 is 0 Å². The highest BCUT2D eigenvalue weighted by Gasteiger charge is 2.09. The highest BCUT2D eigenvalue weighted by molar-refractivity contribution is 9.09. The molecule has 1 atom stereocenters. The van der Waals surface area contributed by atoms with E-state index in [1.165, 1.54) is 17.7 Å². The van der Waals surface area contributed by atoms with Gasteiger partial charge in [-0.15, -0.1) is 0 Å². The molecule has 0 aliphatic heterocycles. The standard InChI is InChI=1S/C13H18BrFO/c1-2-8-16-9-7-12(10-14)11-3-5-13(15)6-4-11/h3-6,12H,2,7-10H2,1H3. The molecule has 0 radical (unpaired) electrons. The minimum Gasteiger partial charge on any atom is -0.381 e. The Labute approximate surface area is 105 Å². The summed E-state index contributed by atoms with van der Waals surface area (Å²) in [5.41, 5.74) is 1.17. The predicted molar refractivity (Wildman–Crippen MR) is 68.7 cm³/mol. The van der Waals surface area contributed by atoms with Gasteiger partial charge in [0.15, 0.2) is 0 Å². The number of hydrogen-bond donors (Lipinski definition) is 0. The van der Waals surface area contributed by atoms with Crippen molar-refractivity contribution in [1.82, 2.24) is 0 Å². The van der Waals surface area contributed by atoms with Gasteiger partial charge in [-0.2, -0.15) is 0 Å². The molecule has 1 rings (SSSR count). The van der Waals surface area contributed by atoms with Crippen LogP contribution in [0, 0.1) is 5.82 Å². The molecule has 1 aromatic rings. The van der Waals surface area contributed by atoms with Crippen molar-refractivity contribution in [2.75, 3.05) is 18.5 Å². The van der Waals surface area contributed by atoms with E-state index >= 15 is 0 Å². The quantitative estimate of drug-likeness (QED) is 0.542. The Morgan fingerprint density at radius 3 is 2.50 bits per heavy atom. The SMILES string of the molecule is CCCOCCC(CBr)c1ccc(F)cc1. The lowest BCUT2D eigenvalue weighted by molar-refractivity contribution is 0.129. The smallest absolute Gasteiger partial charge is 0.123 e. The van der Waals surface area contributed by atoms with Crippen molar-refractivity contribution in [2.24, 2.45) is 0 Å². The van der Waals surface area contributed by atoms with Crippen molar-refractivity contribution in [3.63, 3.8) is 0 Å². The van der Waals surface area contributed by atoms with Crippen LogP contribution in [0.4, 0.5) is 4.39 Å². The summed E-state index contributed by atoms with van der Waals surface area (Å²) in [6, 6.07) is 6.72. The fourth-order valence-corrected chi connectivity index (χ4v) is 2.24. The summed E-state index contributed by atoms with van der Waals surface area (Å²) in [6.07, 6.45) is 2.02. The van der Waals surface area contributed by atoms with Crippen molar-refractivity contribution in [2.45, 2.75) is 25.7 Å². The zero-order valence-electron chi connectivity index (χ0n) is 9.59. The Hall–Kier alpha value is -0.410. The lowest BCUT2D eigenvalue weighted by Crippen LogP contribution is -2.06. The summed E-state index contributed by atoms with van der Waals surface area (Å²) in [5, 5.41) is 0.883. The van der Waals surface area contributed by atoms with Crippen molar-refractivity contribution in [3.8, 4) is 0 Å². The molecule has 1 nitrogen and oxygen atoms in total. The van der Waals surface area contributed by atoms with Crippen LogP contribution >= 0.6 is 15.9 Å². The van der Waals surface area contributed by atoms with Crippen LogP contribution in [0.5, 0.6) is 0 Å². The maximum atomic E-state index is 12.8. The fraction of sp³-hybridized carbons (Fsp3) is 0.538. The minimum atomic E-state index is -0.181. The predicted octanol–water partition coefficient (Wildman–Crippen LogP) is 4.12. The fourth-order valence-electron chi connectivity index (χ4n) is 1.54. The summed E-state index contributed by atoms with van der Waals surface area (Å²) in [7, 11) is 0. The van der Waals surface area contributed by atoms with Gasteiger partial charge in [0.05, 0.1) is 0 Å². The molecule has 0 bridgehead atoms. The van der Waals surface area contributed by atoms with Gasteiger partial charge < -0.3 is 4.74 Å². The van der Waals surface area contributed by atoms with Gasteiger partial charge in [0.1, 0.15) is 5.82 Å². The average Bonchev–Trinajstić information content (AvgIpc) is 2.31. The van der Waals surface area contributed by atoms with Gasteiger partial charge in [-0.05, 0) is 36.5 Å². The van der Waals surface area contributed by atoms with Crippen molar-refractivity contribution in [3.05, 3.63) is 35.6 Å². The number of ether oxygens (including phenoxy) is 1. The number of benzene rings is 1. The molecule has 90 valence electrons. The van der Waals surface area contributed by atoms with Crippen molar-refractivity contribution < 1.29 is 9.13 Å². The Balaban J connectivity index is 2.44. The van der Waals surface area contributed by atoms with Crippen molar-refractivity contribution >= 4 is 15.9 Å². The second-order valence-corrected chi connectivity index (χ2v) is 4.45. The molecule has 0 N–H and O–H groups in total. The molecular weight excluding hydrogens is 271 g/mol. The molecule has 0 aliphatic rings. The molecular formula is C13H18BrFO. The molecule has 0 saturated heterocycles. The first-order chi connectivity index (χ1) is 7.77. The van der Waals surface area contributed by atoms with Gasteiger partial charge in [-0.25, -0.2) is 4.39 Å². The number of hydrogen-bond acceptors (Lipinski definition) is 1. The van der Waals surface area contributed by atoms with E-state index in [-0.39, 0.29) is 5.82 Å². The van der Waals surface area contributed by atoms with Crippen LogP contribution in [0.2, 0.25) is 0 Å². The molecule has 0 spiro atoms. The lowest BCUT2D eigenvalue weighted by Gasteiger charge is -2.14. The van der Waals surface area contributed by atoms with Gasteiger partial charge in [0.2, 0.25) is 0 Å². The molecule has 1 aromatic carbocycles. The normalized spacial score (nSPS) is 12.7. The molecule has 0 amide bonds. The van der Waals surface area contributed by atoms with E-state index in [0.717, 1.165) is 31.4 Å². The first kappa shape index (κ1) is 13.7. The second kappa shape index (κ2) is 7.80. The van der Waals surface area contributed by atoms with Gasteiger partial charge in [0.25, 0.3) is 0 Å². The van der Waals surface area contributed by atoms with Gasteiger partial charge in [-0.1, -0.05) is 35.0 Å². The Morgan fingerprint density at radius 2 is 1.94 bits per heavy atom. The Kier molecular flexibility index (Phi) is 6.65. The highest BCUT2D eigenvalue weighted by atomic mass is 79.9. The molecule has 0 saturated carbocycles. The molecule has 0 aromatic heterocycles. The van der Waals surface area contributed by atoms with Gasteiger partial charge in [0, 0.05) is 18.5 Å². The van der Waals surface area contributed by atoms with E-state index < -0.39 is 0 Å². The van der Waals surface area contributed by atoms with Crippen LogP contribution in [0.1, 0.15) is 31.2 Å². The Morgan fingerprint density at radius 1 is 1.25 bits per heavy atom.